The zero-order chi connectivity index (χ0) is 18.8. The molecule has 0 spiro atoms. The molecule has 0 aliphatic rings. The van der Waals surface area contributed by atoms with Gasteiger partial charge >= 0.3 is 0 Å². The maximum atomic E-state index is 12.0. The first-order valence-corrected chi connectivity index (χ1v) is 8.87. The zero-order valence-electron chi connectivity index (χ0n) is 15.7. The molecule has 2 rings (SSSR count). The van der Waals surface area contributed by atoms with E-state index in [1.165, 1.54) is 0 Å². The lowest BCUT2D eigenvalue weighted by Gasteiger charge is -2.15. The number of amides is 1. The molecule has 1 aromatic carbocycles. The number of hydrogen-bond donors (Lipinski definition) is 1. The van der Waals surface area contributed by atoms with E-state index >= 15 is 0 Å². The molecule has 1 heterocycles. The van der Waals surface area contributed by atoms with Crippen LogP contribution in [0.15, 0.2) is 28.7 Å². The first-order chi connectivity index (χ1) is 12.7. The molecule has 1 amide bonds. The van der Waals surface area contributed by atoms with Gasteiger partial charge in [-0.3, -0.25) is 4.79 Å². The van der Waals surface area contributed by atoms with Crippen molar-refractivity contribution in [3.05, 3.63) is 41.6 Å². The minimum Gasteiger partial charge on any atom is -0.496 e. The Bertz CT molecular complexity index is 687. The van der Waals surface area contributed by atoms with Crippen molar-refractivity contribution in [1.82, 2.24) is 15.5 Å². The quantitative estimate of drug-likeness (QED) is 0.661. The molecule has 26 heavy (non-hydrogen) atoms. The van der Waals surface area contributed by atoms with Gasteiger partial charge in [0.25, 0.3) is 0 Å². The second kappa shape index (κ2) is 10.6. The highest BCUT2D eigenvalue weighted by atomic mass is 16.5. The maximum Gasteiger partial charge on any atom is 0.220 e. The molecule has 1 atom stereocenters. The molecule has 0 aliphatic carbocycles. The number of rotatable bonds is 11. The average Bonchev–Trinajstić information content (AvgIpc) is 3.12. The first-order valence-electron chi connectivity index (χ1n) is 8.87. The lowest BCUT2D eigenvalue weighted by molar-refractivity contribution is -0.122. The van der Waals surface area contributed by atoms with Crippen LogP contribution in [0, 0.1) is 0 Å². The van der Waals surface area contributed by atoms with E-state index in [9.17, 15) is 4.79 Å². The van der Waals surface area contributed by atoms with Gasteiger partial charge in [0.2, 0.25) is 17.7 Å². The Kier molecular flexibility index (Phi) is 8.08. The minimum absolute atomic E-state index is 0.0339. The SMILES string of the molecule is CC[C@@H](COC)NC(=O)CCc1nnc(CCc2ccccc2OC)o1. The van der Waals surface area contributed by atoms with Crippen LogP contribution in [0.5, 0.6) is 5.75 Å². The average molecular weight is 361 g/mol. The number of carbonyl (C=O) groups excluding carboxylic acids is 1. The normalized spacial score (nSPS) is 12.0. The van der Waals surface area contributed by atoms with Gasteiger partial charge in [-0.25, -0.2) is 0 Å². The fraction of sp³-hybridized carbons (Fsp3) is 0.526. The van der Waals surface area contributed by atoms with Gasteiger partial charge in [0.15, 0.2) is 0 Å². The van der Waals surface area contributed by atoms with Crippen molar-refractivity contribution in [3.8, 4) is 5.75 Å². The van der Waals surface area contributed by atoms with E-state index < -0.39 is 0 Å². The molecular formula is C19H27N3O4. The number of nitrogens with one attached hydrogen (secondary N) is 1. The first kappa shape index (κ1) is 19.9. The predicted octanol–water partition coefficient (Wildman–Crippen LogP) is 2.34. The highest BCUT2D eigenvalue weighted by molar-refractivity contribution is 5.76. The van der Waals surface area contributed by atoms with Crippen molar-refractivity contribution >= 4 is 5.91 Å². The molecule has 0 radical (unpaired) electrons. The van der Waals surface area contributed by atoms with Crippen molar-refractivity contribution in [3.63, 3.8) is 0 Å². The molecular weight excluding hydrogens is 334 g/mol. The summed E-state index contributed by atoms with van der Waals surface area (Å²) in [6, 6.07) is 7.90. The Morgan fingerprint density at radius 2 is 1.88 bits per heavy atom. The van der Waals surface area contributed by atoms with Gasteiger partial charge in [-0.05, 0) is 24.5 Å². The van der Waals surface area contributed by atoms with Gasteiger partial charge in [-0.15, -0.1) is 10.2 Å². The molecule has 142 valence electrons. The van der Waals surface area contributed by atoms with Crippen LogP contribution in [0.4, 0.5) is 0 Å². The van der Waals surface area contributed by atoms with E-state index in [1.54, 1.807) is 14.2 Å². The number of carbonyl (C=O) groups is 1. The largest absolute Gasteiger partial charge is 0.496 e. The third-order valence-corrected chi connectivity index (χ3v) is 4.10. The van der Waals surface area contributed by atoms with Crippen molar-refractivity contribution in [2.75, 3.05) is 20.8 Å². The molecule has 7 nitrogen and oxygen atoms in total. The van der Waals surface area contributed by atoms with Crippen LogP contribution in [0.1, 0.15) is 37.1 Å². The third kappa shape index (κ3) is 6.15. The number of aryl methyl sites for hydroxylation is 3. The fourth-order valence-corrected chi connectivity index (χ4v) is 2.62. The number of hydrogen-bond acceptors (Lipinski definition) is 6. The molecule has 0 fully saturated rings. The molecule has 1 aromatic heterocycles. The molecule has 7 heteroatoms. The van der Waals surface area contributed by atoms with Gasteiger partial charge in [-0.1, -0.05) is 25.1 Å². The summed E-state index contributed by atoms with van der Waals surface area (Å²) in [6.07, 6.45) is 2.95. The second-order valence-electron chi connectivity index (χ2n) is 6.03. The van der Waals surface area contributed by atoms with Crippen LogP contribution in [0.2, 0.25) is 0 Å². The second-order valence-corrected chi connectivity index (χ2v) is 6.03. The molecule has 2 aromatic rings. The Hall–Kier alpha value is -2.41. The molecule has 0 saturated carbocycles. The number of nitrogens with zero attached hydrogens (tertiary/aromatic N) is 2. The van der Waals surface area contributed by atoms with Crippen molar-refractivity contribution in [2.24, 2.45) is 0 Å². The van der Waals surface area contributed by atoms with Crippen LogP contribution < -0.4 is 10.1 Å². The summed E-state index contributed by atoms with van der Waals surface area (Å²) in [6.45, 7) is 2.52. The maximum absolute atomic E-state index is 12.0. The van der Waals surface area contributed by atoms with Gasteiger partial charge in [0, 0.05) is 26.4 Å². The highest BCUT2D eigenvalue weighted by Gasteiger charge is 2.13. The third-order valence-electron chi connectivity index (χ3n) is 4.10. The standard InChI is InChI=1S/C19H27N3O4/c1-4-15(13-24-2)20-17(23)10-12-19-22-21-18(26-19)11-9-14-7-5-6-8-16(14)25-3/h5-8,15H,4,9-13H2,1-3H3,(H,20,23)/t15-/m0/s1. The summed E-state index contributed by atoms with van der Waals surface area (Å²) in [5, 5.41) is 11.0. The van der Waals surface area contributed by atoms with E-state index in [0.717, 1.165) is 24.2 Å². The summed E-state index contributed by atoms with van der Waals surface area (Å²) in [5.74, 6) is 1.86. The number of benzene rings is 1. The molecule has 0 saturated heterocycles. The fourth-order valence-electron chi connectivity index (χ4n) is 2.62. The van der Waals surface area contributed by atoms with Gasteiger partial charge < -0.3 is 19.2 Å². The Morgan fingerprint density at radius 1 is 1.15 bits per heavy atom. The molecule has 0 unspecified atom stereocenters. The summed E-state index contributed by atoms with van der Waals surface area (Å²) >= 11 is 0. The number of aromatic nitrogens is 2. The van der Waals surface area contributed by atoms with Crippen LogP contribution in [0.25, 0.3) is 0 Å². The molecule has 1 N–H and O–H groups in total. The smallest absolute Gasteiger partial charge is 0.220 e. The Balaban J connectivity index is 1.79. The van der Waals surface area contributed by atoms with Crippen LogP contribution in [0.3, 0.4) is 0 Å². The number of methoxy groups -OCH3 is 2. The highest BCUT2D eigenvalue weighted by Crippen LogP contribution is 2.19. The topological polar surface area (TPSA) is 86.5 Å². The zero-order valence-corrected chi connectivity index (χ0v) is 15.7. The predicted molar refractivity (Wildman–Crippen MR) is 97.1 cm³/mol. The van der Waals surface area contributed by atoms with Gasteiger partial charge in [-0.2, -0.15) is 0 Å². The lowest BCUT2D eigenvalue weighted by Crippen LogP contribution is -2.37. The van der Waals surface area contributed by atoms with E-state index in [2.05, 4.69) is 15.5 Å². The van der Waals surface area contributed by atoms with Crippen molar-refractivity contribution in [1.29, 1.82) is 0 Å². The lowest BCUT2D eigenvalue weighted by atomic mass is 10.1. The van der Waals surface area contributed by atoms with Gasteiger partial charge in [0.1, 0.15) is 5.75 Å². The van der Waals surface area contributed by atoms with E-state index in [-0.39, 0.29) is 11.9 Å². The summed E-state index contributed by atoms with van der Waals surface area (Å²) in [4.78, 5) is 12.0. The molecule has 0 aliphatic heterocycles. The van der Waals surface area contributed by atoms with Gasteiger partial charge in [0.05, 0.1) is 19.8 Å². The Labute approximate surface area is 154 Å². The van der Waals surface area contributed by atoms with E-state index in [1.807, 2.05) is 31.2 Å². The summed E-state index contributed by atoms with van der Waals surface area (Å²) in [5.41, 5.74) is 1.10. The van der Waals surface area contributed by atoms with Crippen LogP contribution >= 0.6 is 0 Å². The van der Waals surface area contributed by atoms with E-state index in [4.69, 9.17) is 13.9 Å². The van der Waals surface area contributed by atoms with Crippen molar-refractivity contribution < 1.29 is 18.7 Å². The van der Waals surface area contributed by atoms with Crippen LogP contribution in [-0.4, -0.2) is 43.0 Å². The van der Waals surface area contributed by atoms with E-state index in [0.29, 0.717) is 37.7 Å². The Morgan fingerprint density at radius 3 is 2.58 bits per heavy atom. The minimum atomic E-state index is -0.0392. The summed E-state index contributed by atoms with van der Waals surface area (Å²) < 4.78 is 16.1. The van der Waals surface area contributed by atoms with Crippen molar-refractivity contribution in [2.45, 2.75) is 45.1 Å². The van der Waals surface area contributed by atoms with Crippen LogP contribution in [-0.2, 0) is 28.8 Å². The number of ether oxygens (including phenoxy) is 2. The number of para-hydroxylation sites is 1. The molecule has 0 bridgehead atoms. The summed E-state index contributed by atoms with van der Waals surface area (Å²) in [7, 11) is 3.28. The monoisotopic (exact) mass is 361 g/mol.